The van der Waals surface area contributed by atoms with Crippen molar-refractivity contribution in [1.29, 1.82) is 0 Å². The summed E-state index contributed by atoms with van der Waals surface area (Å²) in [5, 5.41) is 9.06. The van der Waals surface area contributed by atoms with Crippen LogP contribution < -0.4 is 4.74 Å². The molecule has 1 heterocycles. The predicted molar refractivity (Wildman–Crippen MR) is 58.9 cm³/mol. The van der Waals surface area contributed by atoms with Crippen molar-refractivity contribution in [3.63, 3.8) is 0 Å². The van der Waals surface area contributed by atoms with Crippen molar-refractivity contribution < 1.29 is 14.6 Å². The summed E-state index contributed by atoms with van der Waals surface area (Å²) in [6.45, 7) is 3.96. The molecule has 1 N–H and O–H groups in total. The number of aromatic nitrogens is 1. The molecule has 1 aliphatic rings. The van der Waals surface area contributed by atoms with Crippen LogP contribution >= 0.6 is 0 Å². The molecule has 0 unspecified atom stereocenters. The van der Waals surface area contributed by atoms with Crippen molar-refractivity contribution in [3.8, 4) is 5.75 Å². The number of carboxylic acid groups (broad SMARTS) is 1. The summed E-state index contributed by atoms with van der Waals surface area (Å²) in [7, 11) is 0. The van der Waals surface area contributed by atoms with E-state index in [4.69, 9.17) is 9.84 Å². The van der Waals surface area contributed by atoms with E-state index in [1.54, 1.807) is 6.07 Å². The minimum atomic E-state index is -1.03. The summed E-state index contributed by atoms with van der Waals surface area (Å²) in [4.78, 5) is 15.2. The summed E-state index contributed by atoms with van der Waals surface area (Å²) in [6, 6.07) is 3.54. The molecule has 1 fully saturated rings. The lowest BCUT2D eigenvalue weighted by atomic mass is 10.1. The topological polar surface area (TPSA) is 59.4 Å². The molecule has 0 aliphatic heterocycles. The molecule has 1 saturated carbocycles. The standard InChI is InChI=1S/C12H15NO3/c1-7(2)9-5-6-10(16-8-3-4-8)11(13-9)12(14)15/h5-8H,3-4H2,1-2H3,(H,14,15). The van der Waals surface area contributed by atoms with Crippen LogP contribution in [0.15, 0.2) is 12.1 Å². The molecule has 1 aromatic rings. The molecule has 0 aromatic carbocycles. The van der Waals surface area contributed by atoms with E-state index in [-0.39, 0.29) is 17.7 Å². The third kappa shape index (κ3) is 2.32. The Morgan fingerprint density at radius 1 is 1.50 bits per heavy atom. The molecule has 1 aromatic heterocycles. The number of carbonyl (C=O) groups is 1. The molecule has 86 valence electrons. The molecule has 1 aliphatic carbocycles. The van der Waals surface area contributed by atoms with Gasteiger partial charge in [0.25, 0.3) is 0 Å². The van der Waals surface area contributed by atoms with Crippen LogP contribution in [0.4, 0.5) is 0 Å². The first-order valence-electron chi connectivity index (χ1n) is 5.49. The van der Waals surface area contributed by atoms with Crippen LogP contribution in [0.5, 0.6) is 5.75 Å². The van der Waals surface area contributed by atoms with Crippen LogP contribution in [-0.4, -0.2) is 22.2 Å². The maximum absolute atomic E-state index is 11.1. The molecule has 0 spiro atoms. The molecular weight excluding hydrogens is 206 g/mol. The number of hydrogen-bond acceptors (Lipinski definition) is 3. The van der Waals surface area contributed by atoms with E-state index >= 15 is 0 Å². The third-order valence-electron chi connectivity index (χ3n) is 2.49. The average Bonchev–Trinajstić information content (AvgIpc) is 3.01. The lowest BCUT2D eigenvalue weighted by molar-refractivity contribution is 0.0684. The highest BCUT2D eigenvalue weighted by molar-refractivity contribution is 5.88. The Balaban J connectivity index is 2.32. The first-order valence-corrected chi connectivity index (χ1v) is 5.49. The van der Waals surface area contributed by atoms with Crippen molar-refractivity contribution in [2.45, 2.75) is 38.7 Å². The zero-order valence-corrected chi connectivity index (χ0v) is 9.43. The Hall–Kier alpha value is -1.58. The molecule has 2 rings (SSSR count). The summed E-state index contributed by atoms with van der Waals surface area (Å²) >= 11 is 0. The van der Waals surface area contributed by atoms with Gasteiger partial charge in [-0.2, -0.15) is 0 Å². The van der Waals surface area contributed by atoms with Gasteiger partial charge in [0.2, 0.25) is 0 Å². The SMILES string of the molecule is CC(C)c1ccc(OC2CC2)c(C(=O)O)n1. The fraction of sp³-hybridized carbons (Fsp3) is 0.500. The van der Waals surface area contributed by atoms with E-state index in [0.717, 1.165) is 18.5 Å². The maximum Gasteiger partial charge on any atom is 0.358 e. The predicted octanol–water partition coefficient (Wildman–Crippen LogP) is 2.44. The second-order valence-electron chi connectivity index (χ2n) is 4.36. The highest BCUT2D eigenvalue weighted by atomic mass is 16.5. The monoisotopic (exact) mass is 221 g/mol. The van der Waals surface area contributed by atoms with Crippen molar-refractivity contribution >= 4 is 5.97 Å². The Morgan fingerprint density at radius 2 is 2.19 bits per heavy atom. The van der Waals surface area contributed by atoms with Crippen LogP contribution in [0.2, 0.25) is 0 Å². The van der Waals surface area contributed by atoms with E-state index < -0.39 is 5.97 Å². The maximum atomic E-state index is 11.1. The van der Waals surface area contributed by atoms with Gasteiger partial charge >= 0.3 is 5.97 Å². The molecule has 0 radical (unpaired) electrons. The van der Waals surface area contributed by atoms with Crippen LogP contribution in [0.3, 0.4) is 0 Å². The Bertz CT molecular complexity index is 411. The van der Waals surface area contributed by atoms with Crippen molar-refractivity contribution in [1.82, 2.24) is 4.98 Å². The zero-order valence-electron chi connectivity index (χ0n) is 9.43. The van der Waals surface area contributed by atoms with Gasteiger partial charge in [-0.3, -0.25) is 0 Å². The van der Waals surface area contributed by atoms with Crippen molar-refractivity contribution in [3.05, 3.63) is 23.5 Å². The van der Waals surface area contributed by atoms with Gasteiger partial charge < -0.3 is 9.84 Å². The van der Waals surface area contributed by atoms with E-state index in [0.29, 0.717) is 5.75 Å². The normalized spacial score (nSPS) is 15.2. The van der Waals surface area contributed by atoms with Gasteiger partial charge in [-0.1, -0.05) is 13.8 Å². The first kappa shape index (κ1) is 10.9. The minimum Gasteiger partial charge on any atom is -0.488 e. The van der Waals surface area contributed by atoms with Crippen LogP contribution in [0.25, 0.3) is 0 Å². The van der Waals surface area contributed by atoms with Gasteiger partial charge in [-0.05, 0) is 30.9 Å². The van der Waals surface area contributed by atoms with E-state index in [9.17, 15) is 4.79 Å². The number of rotatable bonds is 4. The minimum absolute atomic E-state index is 0.0260. The Kier molecular flexibility index (Phi) is 2.81. The second kappa shape index (κ2) is 4.12. The number of nitrogens with zero attached hydrogens (tertiary/aromatic N) is 1. The zero-order chi connectivity index (χ0) is 11.7. The Morgan fingerprint density at radius 3 is 2.69 bits per heavy atom. The van der Waals surface area contributed by atoms with Gasteiger partial charge in [0, 0.05) is 5.69 Å². The van der Waals surface area contributed by atoms with Gasteiger partial charge in [0.05, 0.1) is 6.10 Å². The summed E-state index contributed by atoms with van der Waals surface area (Å²) in [5.74, 6) is -0.425. The highest BCUT2D eigenvalue weighted by Crippen LogP contribution is 2.29. The lowest BCUT2D eigenvalue weighted by Gasteiger charge is -2.10. The average molecular weight is 221 g/mol. The number of hydrogen-bond donors (Lipinski definition) is 1. The number of aromatic carboxylic acids is 1. The quantitative estimate of drug-likeness (QED) is 0.848. The fourth-order valence-electron chi connectivity index (χ4n) is 1.40. The molecule has 4 nitrogen and oxygen atoms in total. The molecule has 0 amide bonds. The molecule has 4 heteroatoms. The Labute approximate surface area is 94.3 Å². The summed E-state index contributed by atoms with van der Waals surface area (Å²) in [5.41, 5.74) is 0.804. The van der Waals surface area contributed by atoms with E-state index in [1.165, 1.54) is 0 Å². The fourth-order valence-corrected chi connectivity index (χ4v) is 1.40. The largest absolute Gasteiger partial charge is 0.488 e. The summed E-state index contributed by atoms with van der Waals surface area (Å²) in [6.07, 6.45) is 2.19. The van der Waals surface area contributed by atoms with Crippen molar-refractivity contribution in [2.24, 2.45) is 0 Å². The van der Waals surface area contributed by atoms with Crippen LogP contribution in [-0.2, 0) is 0 Å². The van der Waals surface area contributed by atoms with E-state index in [2.05, 4.69) is 4.98 Å². The number of pyridine rings is 1. The summed E-state index contributed by atoms with van der Waals surface area (Å²) < 4.78 is 5.51. The van der Waals surface area contributed by atoms with Crippen molar-refractivity contribution in [2.75, 3.05) is 0 Å². The molecule has 16 heavy (non-hydrogen) atoms. The van der Waals surface area contributed by atoms with Gasteiger partial charge in [0.1, 0.15) is 0 Å². The number of ether oxygens (including phenoxy) is 1. The molecular formula is C12H15NO3. The van der Waals surface area contributed by atoms with Crippen LogP contribution in [0.1, 0.15) is 48.8 Å². The highest BCUT2D eigenvalue weighted by Gasteiger charge is 2.26. The van der Waals surface area contributed by atoms with Gasteiger partial charge in [-0.25, -0.2) is 9.78 Å². The third-order valence-corrected chi connectivity index (χ3v) is 2.49. The molecule has 0 saturated heterocycles. The smallest absolute Gasteiger partial charge is 0.358 e. The first-order chi connectivity index (χ1) is 7.58. The van der Waals surface area contributed by atoms with Crippen LogP contribution in [0, 0.1) is 0 Å². The molecule has 0 bridgehead atoms. The van der Waals surface area contributed by atoms with Gasteiger partial charge in [-0.15, -0.1) is 0 Å². The van der Waals surface area contributed by atoms with E-state index in [1.807, 2.05) is 19.9 Å². The van der Waals surface area contributed by atoms with Gasteiger partial charge in [0.15, 0.2) is 11.4 Å². The number of carboxylic acids is 1. The molecule has 0 atom stereocenters. The second-order valence-corrected chi connectivity index (χ2v) is 4.36. The lowest BCUT2D eigenvalue weighted by Crippen LogP contribution is -2.09.